The molecule has 0 N–H and O–H groups in total. The van der Waals surface area contributed by atoms with Gasteiger partial charge >= 0.3 is 6.09 Å². The van der Waals surface area contributed by atoms with Gasteiger partial charge in [0.25, 0.3) is 5.69 Å². The topological polar surface area (TPSA) is 88.8 Å². The Morgan fingerprint density at radius 3 is 2.62 bits per heavy atom. The quantitative estimate of drug-likeness (QED) is 0.618. The predicted octanol–water partition coefficient (Wildman–Crippen LogP) is 2.84. The van der Waals surface area contributed by atoms with Crippen LogP contribution in [-0.4, -0.2) is 47.1 Å². The lowest BCUT2D eigenvalue weighted by molar-refractivity contribution is -0.385. The highest BCUT2D eigenvalue weighted by molar-refractivity contribution is 5.67. The lowest BCUT2D eigenvalue weighted by Gasteiger charge is -2.22. The number of pyridine rings is 1. The highest BCUT2D eigenvalue weighted by Crippen LogP contribution is 2.18. The van der Waals surface area contributed by atoms with Gasteiger partial charge in [-0.15, -0.1) is 0 Å². The Hall–Kier alpha value is -3.16. The number of hydrogen-bond acceptors (Lipinski definition) is 6. The van der Waals surface area contributed by atoms with Crippen LogP contribution in [-0.2, 0) is 11.3 Å². The van der Waals surface area contributed by atoms with Gasteiger partial charge < -0.3 is 14.5 Å². The van der Waals surface area contributed by atoms with E-state index in [4.69, 9.17) is 4.74 Å². The van der Waals surface area contributed by atoms with Crippen molar-refractivity contribution in [1.82, 2.24) is 9.88 Å². The normalized spacial score (nSPS) is 14.6. The Balaban J connectivity index is 1.54. The van der Waals surface area contributed by atoms with Gasteiger partial charge in [-0.05, 0) is 18.1 Å². The molecule has 0 bridgehead atoms. The van der Waals surface area contributed by atoms with Crippen LogP contribution in [0.2, 0.25) is 0 Å². The van der Waals surface area contributed by atoms with Crippen molar-refractivity contribution in [2.45, 2.75) is 13.0 Å². The van der Waals surface area contributed by atoms with Crippen LogP contribution in [0.25, 0.3) is 0 Å². The average molecular weight is 356 g/mol. The summed E-state index contributed by atoms with van der Waals surface area (Å²) in [6.45, 7) is 2.71. The number of aromatic nitrogens is 1. The molecule has 0 spiro atoms. The fourth-order valence-corrected chi connectivity index (χ4v) is 2.81. The second kappa shape index (κ2) is 8.28. The SMILES string of the molecule is O=C(OCc1ccccc1)N1CCCN(c2ccc([N+](=O)[O-])cn2)CC1. The van der Waals surface area contributed by atoms with Gasteiger partial charge in [-0.25, -0.2) is 9.78 Å². The second-order valence-electron chi connectivity index (χ2n) is 6.00. The standard InChI is InChI=1S/C18H20N4O4/c23-18(26-14-15-5-2-1-3-6-15)21-10-4-9-20(11-12-21)17-8-7-16(13-19-17)22(24)25/h1-3,5-8,13H,4,9-12,14H2. The number of nitrogens with zero attached hydrogens (tertiary/aromatic N) is 4. The molecule has 2 heterocycles. The number of hydrogen-bond donors (Lipinski definition) is 0. The van der Waals surface area contributed by atoms with E-state index >= 15 is 0 Å². The monoisotopic (exact) mass is 356 g/mol. The van der Waals surface area contributed by atoms with Crippen molar-refractivity contribution >= 4 is 17.6 Å². The molecule has 8 heteroatoms. The summed E-state index contributed by atoms with van der Waals surface area (Å²) in [5.41, 5.74) is 0.919. The zero-order valence-corrected chi connectivity index (χ0v) is 14.3. The zero-order chi connectivity index (χ0) is 18.4. The molecule has 136 valence electrons. The molecule has 1 aliphatic rings. The third-order valence-electron chi connectivity index (χ3n) is 4.23. The van der Waals surface area contributed by atoms with E-state index in [9.17, 15) is 14.9 Å². The molecule has 3 rings (SSSR count). The van der Waals surface area contributed by atoms with E-state index in [2.05, 4.69) is 4.98 Å². The molecule has 0 saturated carbocycles. The van der Waals surface area contributed by atoms with Crippen molar-refractivity contribution in [2.24, 2.45) is 0 Å². The fraction of sp³-hybridized carbons (Fsp3) is 0.333. The van der Waals surface area contributed by atoms with Crippen LogP contribution in [0.1, 0.15) is 12.0 Å². The van der Waals surface area contributed by atoms with Gasteiger partial charge in [-0.2, -0.15) is 0 Å². The van der Waals surface area contributed by atoms with Crippen LogP contribution in [0.15, 0.2) is 48.7 Å². The molecule has 1 fully saturated rings. The molecule has 1 amide bonds. The maximum Gasteiger partial charge on any atom is 0.410 e. The van der Waals surface area contributed by atoms with Crippen molar-refractivity contribution in [3.63, 3.8) is 0 Å². The van der Waals surface area contributed by atoms with Gasteiger partial charge in [0, 0.05) is 32.2 Å². The third kappa shape index (κ3) is 4.47. The van der Waals surface area contributed by atoms with Crippen molar-refractivity contribution in [1.29, 1.82) is 0 Å². The van der Waals surface area contributed by atoms with E-state index in [0.29, 0.717) is 25.5 Å². The van der Waals surface area contributed by atoms with Crippen molar-refractivity contribution in [3.05, 3.63) is 64.3 Å². The Labute approximate surface area is 151 Å². The molecular weight excluding hydrogens is 336 g/mol. The fourth-order valence-electron chi connectivity index (χ4n) is 2.81. The Morgan fingerprint density at radius 1 is 1.12 bits per heavy atom. The van der Waals surface area contributed by atoms with Gasteiger partial charge in [0.1, 0.15) is 18.6 Å². The minimum atomic E-state index is -0.469. The molecular formula is C18H20N4O4. The second-order valence-corrected chi connectivity index (χ2v) is 6.00. The van der Waals surface area contributed by atoms with Gasteiger partial charge in [-0.3, -0.25) is 10.1 Å². The van der Waals surface area contributed by atoms with Crippen LogP contribution in [0.5, 0.6) is 0 Å². The molecule has 0 unspecified atom stereocenters. The largest absolute Gasteiger partial charge is 0.445 e. The summed E-state index contributed by atoms with van der Waals surface area (Å²) in [5.74, 6) is 0.676. The zero-order valence-electron chi connectivity index (χ0n) is 14.3. The first-order valence-electron chi connectivity index (χ1n) is 8.44. The molecule has 8 nitrogen and oxygen atoms in total. The van der Waals surface area contributed by atoms with Gasteiger partial charge in [0.05, 0.1) is 4.92 Å². The summed E-state index contributed by atoms with van der Waals surface area (Å²) in [6, 6.07) is 12.6. The van der Waals surface area contributed by atoms with Crippen LogP contribution in [0, 0.1) is 10.1 Å². The smallest absolute Gasteiger partial charge is 0.410 e. The maximum atomic E-state index is 12.3. The first-order chi connectivity index (χ1) is 12.6. The predicted molar refractivity (Wildman–Crippen MR) is 95.9 cm³/mol. The van der Waals surface area contributed by atoms with E-state index in [1.54, 1.807) is 11.0 Å². The Morgan fingerprint density at radius 2 is 1.92 bits per heavy atom. The van der Waals surface area contributed by atoms with E-state index in [1.165, 1.54) is 12.3 Å². The van der Waals surface area contributed by atoms with Crippen molar-refractivity contribution < 1.29 is 14.5 Å². The number of anilines is 1. The molecule has 26 heavy (non-hydrogen) atoms. The molecule has 0 atom stereocenters. The highest BCUT2D eigenvalue weighted by Gasteiger charge is 2.21. The molecule has 1 aliphatic heterocycles. The number of rotatable bonds is 4. The molecule has 0 radical (unpaired) electrons. The molecule has 2 aromatic rings. The van der Waals surface area contributed by atoms with E-state index in [1.807, 2.05) is 35.2 Å². The number of benzene rings is 1. The van der Waals surface area contributed by atoms with Crippen LogP contribution >= 0.6 is 0 Å². The minimum absolute atomic E-state index is 0.0327. The lowest BCUT2D eigenvalue weighted by Crippen LogP contribution is -2.35. The summed E-state index contributed by atoms with van der Waals surface area (Å²) in [5, 5.41) is 10.7. The summed E-state index contributed by atoms with van der Waals surface area (Å²) in [7, 11) is 0. The van der Waals surface area contributed by atoms with E-state index in [-0.39, 0.29) is 18.4 Å². The van der Waals surface area contributed by atoms with E-state index in [0.717, 1.165) is 18.5 Å². The van der Waals surface area contributed by atoms with Crippen LogP contribution < -0.4 is 4.90 Å². The lowest BCUT2D eigenvalue weighted by atomic mass is 10.2. The Kier molecular flexibility index (Phi) is 5.62. The summed E-state index contributed by atoms with van der Waals surface area (Å²) >= 11 is 0. The maximum absolute atomic E-state index is 12.3. The number of ether oxygens (including phenoxy) is 1. The number of carbonyl (C=O) groups excluding carboxylic acids is 1. The first kappa shape index (κ1) is 17.7. The molecule has 1 aromatic carbocycles. The van der Waals surface area contributed by atoms with Gasteiger partial charge in [-0.1, -0.05) is 30.3 Å². The molecule has 0 aliphatic carbocycles. The van der Waals surface area contributed by atoms with E-state index < -0.39 is 4.92 Å². The number of nitro groups is 1. The van der Waals surface area contributed by atoms with Crippen molar-refractivity contribution in [3.8, 4) is 0 Å². The average Bonchev–Trinajstić information content (AvgIpc) is 2.93. The summed E-state index contributed by atoms with van der Waals surface area (Å²) in [6.07, 6.45) is 1.71. The van der Waals surface area contributed by atoms with Crippen LogP contribution in [0.3, 0.4) is 0 Å². The van der Waals surface area contributed by atoms with Gasteiger partial charge in [0.2, 0.25) is 0 Å². The highest BCUT2D eigenvalue weighted by atomic mass is 16.6. The number of amides is 1. The third-order valence-corrected chi connectivity index (χ3v) is 4.23. The Bertz CT molecular complexity index is 752. The summed E-state index contributed by atoms with van der Waals surface area (Å²) < 4.78 is 5.38. The first-order valence-corrected chi connectivity index (χ1v) is 8.44. The summed E-state index contributed by atoms with van der Waals surface area (Å²) in [4.78, 5) is 30.4. The number of carbonyl (C=O) groups is 1. The molecule has 1 saturated heterocycles. The minimum Gasteiger partial charge on any atom is -0.445 e. The van der Waals surface area contributed by atoms with Crippen LogP contribution in [0.4, 0.5) is 16.3 Å². The van der Waals surface area contributed by atoms with Crippen molar-refractivity contribution in [2.75, 3.05) is 31.1 Å². The molecule has 1 aromatic heterocycles. The van der Waals surface area contributed by atoms with Gasteiger partial charge in [0.15, 0.2) is 0 Å².